The van der Waals surface area contributed by atoms with Crippen LogP contribution in [0.4, 0.5) is 13.2 Å². The van der Waals surface area contributed by atoms with Crippen LogP contribution in [-0.2, 0) is 37.1 Å². The number of carbonyl (C=O) groups is 1. The van der Waals surface area contributed by atoms with Crippen molar-refractivity contribution in [3.05, 3.63) is 105 Å². The van der Waals surface area contributed by atoms with Crippen molar-refractivity contribution in [2.45, 2.75) is 58.5 Å². The molecule has 0 amide bonds. The number of nitrogens with zero attached hydrogens (tertiary/aromatic N) is 6. The highest BCUT2D eigenvalue weighted by atomic mass is 19.4. The van der Waals surface area contributed by atoms with Gasteiger partial charge in [-0.25, -0.2) is 9.78 Å². The fourth-order valence-electron chi connectivity index (χ4n) is 5.19. The van der Waals surface area contributed by atoms with Crippen molar-refractivity contribution in [3.63, 3.8) is 0 Å². The van der Waals surface area contributed by atoms with Crippen LogP contribution in [0.5, 0.6) is 0 Å². The van der Waals surface area contributed by atoms with E-state index in [0.29, 0.717) is 23.1 Å². The molecule has 224 valence electrons. The largest absolute Gasteiger partial charge is 0.481 e. The molecule has 0 fully saturated rings. The van der Waals surface area contributed by atoms with Crippen LogP contribution >= 0.6 is 0 Å². The molecule has 0 saturated heterocycles. The lowest BCUT2D eigenvalue weighted by Crippen LogP contribution is -2.40. The predicted octanol–water partition coefficient (Wildman–Crippen LogP) is 4.59. The Morgan fingerprint density at radius 2 is 1.74 bits per heavy atom. The standard InChI is InChI=1S/C30H29F3N6O4/c1-3-13-38-27(40)24-26(37(4-2)29(38)43)35-25(39(24)18-23(28(41)42)20-10-6-5-7-11-20)21-15-34-36(17-21)16-19-9-8-12-22(14-19)30(31,32)33/h5-12,14-15,17,23H,3-4,13,16,18H2,1-2H3,(H,41,42). The number of rotatable bonds is 10. The first-order valence-corrected chi connectivity index (χ1v) is 13.7. The number of carboxylic acids is 1. The van der Waals surface area contributed by atoms with Crippen LogP contribution in [0.25, 0.3) is 22.6 Å². The number of aromatic nitrogens is 6. The third-order valence-corrected chi connectivity index (χ3v) is 7.23. The lowest BCUT2D eigenvalue weighted by Gasteiger charge is -2.16. The molecular weight excluding hydrogens is 565 g/mol. The molecule has 3 aromatic heterocycles. The first-order valence-electron chi connectivity index (χ1n) is 13.7. The number of hydrogen-bond donors (Lipinski definition) is 1. The van der Waals surface area contributed by atoms with Gasteiger partial charge in [0.15, 0.2) is 11.2 Å². The highest BCUT2D eigenvalue weighted by Crippen LogP contribution is 2.30. The maximum absolute atomic E-state index is 13.7. The van der Waals surface area contributed by atoms with Crippen molar-refractivity contribution in [1.29, 1.82) is 0 Å². The van der Waals surface area contributed by atoms with E-state index in [1.165, 1.54) is 26.1 Å². The molecule has 1 unspecified atom stereocenters. The number of aryl methyl sites for hydroxylation is 1. The summed E-state index contributed by atoms with van der Waals surface area (Å²) in [6, 6.07) is 13.5. The summed E-state index contributed by atoms with van der Waals surface area (Å²) in [5.74, 6) is -1.96. The summed E-state index contributed by atoms with van der Waals surface area (Å²) in [5.41, 5.74) is -0.399. The second-order valence-electron chi connectivity index (χ2n) is 10.1. The van der Waals surface area contributed by atoms with E-state index in [4.69, 9.17) is 0 Å². The molecule has 0 aliphatic rings. The van der Waals surface area contributed by atoms with E-state index in [0.717, 1.165) is 16.7 Å². The first kappa shape index (κ1) is 29.5. The zero-order chi connectivity index (χ0) is 30.9. The second-order valence-corrected chi connectivity index (χ2v) is 10.1. The van der Waals surface area contributed by atoms with Gasteiger partial charge in [-0.1, -0.05) is 49.4 Å². The van der Waals surface area contributed by atoms with E-state index in [9.17, 15) is 32.7 Å². The van der Waals surface area contributed by atoms with Gasteiger partial charge < -0.3 is 9.67 Å². The maximum Gasteiger partial charge on any atom is 0.416 e. The van der Waals surface area contributed by atoms with Crippen LogP contribution in [0.2, 0.25) is 0 Å². The van der Waals surface area contributed by atoms with Gasteiger partial charge in [-0.15, -0.1) is 0 Å². The molecule has 0 aliphatic heterocycles. The fraction of sp³-hybridized carbons (Fsp3) is 0.300. The lowest BCUT2D eigenvalue weighted by atomic mass is 9.99. The Balaban J connectivity index is 1.68. The number of alkyl halides is 3. The molecule has 43 heavy (non-hydrogen) atoms. The van der Waals surface area contributed by atoms with Gasteiger partial charge in [0.2, 0.25) is 0 Å². The molecule has 5 aromatic rings. The summed E-state index contributed by atoms with van der Waals surface area (Å²) in [4.78, 5) is 44.1. The molecule has 0 bridgehead atoms. The van der Waals surface area contributed by atoms with Crippen LogP contribution in [-0.4, -0.2) is 39.5 Å². The normalized spacial score (nSPS) is 12.6. The molecule has 0 radical (unpaired) electrons. The number of aliphatic carboxylic acids is 1. The summed E-state index contributed by atoms with van der Waals surface area (Å²) in [7, 11) is 0. The van der Waals surface area contributed by atoms with Gasteiger partial charge in [0.05, 0.1) is 29.8 Å². The van der Waals surface area contributed by atoms with Crippen LogP contribution < -0.4 is 11.2 Å². The Morgan fingerprint density at radius 1 is 1.00 bits per heavy atom. The van der Waals surface area contributed by atoms with E-state index >= 15 is 0 Å². The molecule has 3 heterocycles. The Kier molecular flexibility index (Phi) is 8.07. The van der Waals surface area contributed by atoms with Crippen molar-refractivity contribution >= 4 is 17.1 Å². The summed E-state index contributed by atoms with van der Waals surface area (Å²) < 4.78 is 45.1. The highest BCUT2D eigenvalue weighted by molar-refractivity contribution is 5.79. The smallest absolute Gasteiger partial charge is 0.416 e. The van der Waals surface area contributed by atoms with Crippen LogP contribution in [0, 0.1) is 0 Å². The summed E-state index contributed by atoms with van der Waals surface area (Å²) in [6.45, 7) is 3.82. The van der Waals surface area contributed by atoms with Gasteiger partial charge in [0.25, 0.3) is 5.56 Å². The van der Waals surface area contributed by atoms with Crippen molar-refractivity contribution < 1.29 is 23.1 Å². The average Bonchev–Trinajstić information content (AvgIpc) is 3.59. The van der Waals surface area contributed by atoms with Crippen molar-refractivity contribution in [3.8, 4) is 11.4 Å². The highest BCUT2D eigenvalue weighted by Gasteiger charge is 2.31. The SMILES string of the molecule is CCCn1c(=O)c2c(nc(-c3cnn(Cc4cccc(C(F)(F)F)c4)c3)n2CC(C(=O)O)c2ccccc2)n(CC)c1=O. The van der Waals surface area contributed by atoms with Crippen molar-refractivity contribution in [2.24, 2.45) is 0 Å². The van der Waals surface area contributed by atoms with Gasteiger partial charge in [-0.2, -0.15) is 18.3 Å². The molecule has 1 atom stereocenters. The molecule has 2 aromatic carbocycles. The molecule has 1 N–H and O–H groups in total. The molecular formula is C30H29F3N6O4. The van der Waals surface area contributed by atoms with E-state index in [1.807, 2.05) is 6.92 Å². The summed E-state index contributed by atoms with van der Waals surface area (Å²) >= 11 is 0. The summed E-state index contributed by atoms with van der Waals surface area (Å²) in [6.07, 6.45) is -0.956. The van der Waals surface area contributed by atoms with Gasteiger partial charge >= 0.3 is 17.8 Å². The number of halogens is 3. The topological polar surface area (TPSA) is 117 Å². The first-order chi connectivity index (χ1) is 20.5. The Labute approximate surface area is 243 Å². The zero-order valence-electron chi connectivity index (χ0n) is 23.5. The minimum atomic E-state index is -4.49. The van der Waals surface area contributed by atoms with E-state index < -0.39 is 34.9 Å². The number of hydrogen-bond acceptors (Lipinski definition) is 5. The maximum atomic E-state index is 13.7. The Morgan fingerprint density at radius 3 is 2.40 bits per heavy atom. The van der Waals surface area contributed by atoms with Crippen molar-refractivity contribution in [1.82, 2.24) is 28.5 Å². The molecule has 0 spiro atoms. The van der Waals surface area contributed by atoms with E-state index in [2.05, 4.69) is 10.1 Å². The summed E-state index contributed by atoms with van der Waals surface area (Å²) in [5, 5.41) is 14.5. The zero-order valence-corrected chi connectivity index (χ0v) is 23.5. The molecule has 0 aliphatic carbocycles. The van der Waals surface area contributed by atoms with Gasteiger partial charge in [-0.3, -0.25) is 23.4 Å². The average molecular weight is 595 g/mol. The number of fused-ring (bicyclic) bond motifs is 1. The van der Waals surface area contributed by atoms with Gasteiger partial charge in [-0.05, 0) is 36.6 Å². The Bertz CT molecular complexity index is 1900. The van der Waals surface area contributed by atoms with Gasteiger partial charge in [0.1, 0.15) is 5.82 Å². The van der Waals surface area contributed by atoms with E-state index in [-0.39, 0.29) is 43.2 Å². The van der Waals surface area contributed by atoms with Crippen molar-refractivity contribution in [2.75, 3.05) is 0 Å². The monoisotopic (exact) mass is 594 g/mol. The fourth-order valence-corrected chi connectivity index (χ4v) is 5.19. The van der Waals surface area contributed by atoms with Crippen LogP contribution in [0.1, 0.15) is 42.9 Å². The third kappa shape index (κ3) is 5.74. The Hall–Kier alpha value is -4.94. The molecule has 5 rings (SSSR count). The quantitative estimate of drug-likeness (QED) is 0.253. The molecule has 13 heteroatoms. The molecule has 10 nitrogen and oxygen atoms in total. The number of imidazole rings is 1. The van der Waals surface area contributed by atoms with Gasteiger partial charge in [0, 0.05) is 25.8 Å². The predicted molar refractivity (Wildman–Crippen MR) is 153 cm³/mol. The molecule has 0 saturated carbocycles. The van der Waals surface area contributed by atoms with Crippen LogP contribution in [0.3, 0.4) is 0 Å². The number of benzene rings is 2. The third-order valence-electron chi connectivity index (χ3n) is 7.23. The number of carboxylic acid groups (broad SMARTS) is 1. The minimum absolute atomic E-state index is 0.0227. The minimum Gasteiger partial charge on any atom is -0.481 e. The lowest BCUT2D eigenvalue weighted by molar-refractivity contribution is -0.139. The van der Waals surface area contributed by atoms with E-state index in [1.54, 1.807) is 49.5 Å². The second kappa shape index (κ2) is 11.7. The van der Waals surface area contributed by atoms with Crippen LogP contribution in [0.15, 0.2) is 76.6 Å².